The molecule has 12 heteroatoms. The van der Waals surface area contributed by atoms with E-state index in [1.807, 2.05) is 39.8 Å². The lowest BCUT2D eigenvalue weighted by Gasteiger charge is -2.27. The Morgan fingerprint density at radius 2 is 0.505 bits per heavy atom. The Morgan fingerprint density at radius 1 is 0.284 bits per heavy atom. The van der Waals surface area contributed by atoms with Gasteiger partial charge in [0.2, 0.25) is 23.3 Å². The minimum absolute atomic E-state index is 0.299. The van der Waals surface area contributed by atoms with E-state index in [2.05, 4.69) is 57.5 Å². The van der Waals surface area contributed by atoms with Gasteiger partial charge in [0, 0.05) is 23.4 Å². The van der Waals surface area contributed by atoms with E-state index in [-0.39, 0.29) is 17.7 Å². The van der Waals surface area contributed by atoms with Crippen molar-refractivity contribution in [1.29, 1.82) is 0 Å². The molecule has 12 nitrogen and oxygen atoms in total. The minimum atomic E-state index is -0.969. The molecule has 0 saturated carbocycles. The van der Waals surface area contributed by atoms with E-state index in [9.17, 15) is 14.4 Å². The highest BCUT2D eigenvalue weighted by Crippen LogP contribution is 2.42. The Kier molecular flexibility index (Phi) is 55.5. The summed E-state index contributed by atoms with van der Waals surface area (Å²) in [5.41, 5.74) is 0.829. The van der Waals surface area contributed by atoms with Crippen LogP contribution in [0, 0.1) is 11.8 Å². The van der Waals surface area contributed by atoms with Crippen molar-refractivity contribution in [3.05, 3.63) is 29.8 Å². The topological polar surface area (TPSA) is 143 Å². The lowest BCUT2D eigenvalue weighted by Crippen LogP contribution is -2.55. The number of carbonyl (C=O) groups is 3. The fraction of sp³-hybridized carbons (Fsp3) is 0.819. The van der Waals surface area contributed by atoms with Crippen LogP contribution in [-0.2, 0) is 9.59 Å². The van der Waals surface area contributed by atoms with Gasteiger partial charge in [0.1, 0.15) is 12.1 Å². The molecule has 0 radical (unpaired) electrons. The molecule has 0 aliphatic rings. The van der Waals surface area contributed by atoms with Crippen LogP contribution < -0.4 is 44.4 Å². The maximum absolute atomic E-state index is 14.8. The van der Waals surface area contributed by atoms with E-state index >= 15 is 0 Å². The molecular weight excluding hydrogens is 1180 g/mol. The van der Waals surface area contributed by atoms with E-state index in [1.165, 1.54) is 218 Å². The summed E-state index contributed by atoms with van der Waals surface area (Å²) in [6.07, 6.45) is 56.9. The molecule has 0 saturated heterocycles. The summed E-state index contributed by atoms with van der Waals surface area (Å²) >= 11 is 0. The third-order valence-corrected chi connectivity index (χ3v) is 18.6. The Labute approximate surface area is 584 Å². The van der Waals surface area contributed by atoms with Crippen molar-refractivity contribution in [3.63, 3.8) is 0 Å². The molecule has 3 N–H and O–H groups in total. The number of unbranched alkanes of at least 4 members (excludes halogenated alkanes) is 42. The van der Waals surface area contributed by atoms with Gasteiger partial charge in [-0.15, -0.1) is 0 Å². The van der Waals surface area contributed by atoms with Crippen LogP contribution in [0.3, 0.4) is 0 Å². The number of hydrogen-bond donors (Lipinski definition) is 3. The van der Waals surface area contributed by atoms with E-state index < -0.39 is 23.9 Å². The average Bonchev–Trinajstić information content (AvgIpc) is 0.857. The summed E-state index contributed by atoms with van der Waals surface area (Å²) in [6, 6.07) is 5.34. The van der Waals surface area contributed by atoms with Crippen molar-refractivity contribution < 1.29 is 42.8 Å². The van der Waals surface area contributed by atoms with Crippen LogP contribution in [0.25, 0.3) is 0 Å². The summed E-state index contributed by atoms with van der Waals surface area (Å²) < 4.78 is 39.8. The lowest BCUT2D eigenvalue weighted by atomic mass is 9.99. The smallest absolute Gasteiger partial charge is 0.252 e. The fourth-order valence-corrected chi connectivity index (χ4v) is 12.3. The summed E-state index contributed by atoms with van der Waals surface area (Å²) in [4.78, 5) is 44.3. The third-order valence-electron chi connectivity index (χ3n) is 18.6. The second-order valence-corrected chi connectivity index (χ2v) is 28.5. The summed E-state index contributed by atoms with van der Waals surface area (Å²) in [7, 11) is 0. The molecule has 95 heavy (non-hydrogen) atoms. The molecule has 0 unspecified atom stereocenters. The van der Waals surface area contributed by atoms with Crippen molar-refractivity contribution >= 4 is 23.4 Å². The number of rotatable bonds is 68. The van der Waals surface area contributed by atoms with Gasteiger partial charge in [0.25, 0.3) is 5.91 Å². The van der Waals surface area contributed by atoms with Gasteiger partial charge in [-0.25, -0.2) is 0 Å². The molecule has 2 aromatic rings. The molecule has 0 aromatic heterocycles. The van der Waals surface area contributed by atoms with Gasteiger partial charge in [-0.05, 0) is 62.5 Å². The van der Waals surface area contributed by atoms with Crippen LogP contribution >= 0.6 is 0 Å². The van der Waals surface area contributed by atoms with Crippen LogP contribution in [-0.4, -0.2) is 69.4 Å². The molecule has 2 aromatic carbocycles. The van der Waals surface area contributed by atoms with Crippen molar-refractivity contribution in [1.82, 2.24) is 10.6 Å². The largest absolute Gasteiger partial charge is 0.490 e. The summed E-state index contributed by atoms with van der Waals surface area (Å²) in [5, 5.41) is 9.37. The number of amides is 3. The standard InChI is InChI=1S/C83H149N3O9/c1-11-17-23-29-35-41-47-53-59-90-73-65-71(66-74(91-60-54-48-42-36-30-24-18-12-2)79(73)94-63-57-51-45-39-33-27-21-15-5)81(87)85-78(70(9)10)83(89)86-77(69(7)8)82(88)84-72-67-75(92-61-55-49-43-37-31-25-19-13-3)80(95-64-58-52-46-40-34-28-22-16-6)76(68-72)93-62-56-50-44-38-32-26-20-14-4/h65-70,77-78H,11-64H2,1-10H3,(H,84,88)(H,85,87)(H,86,89)/t77-,78-/m1/s1. The molecule has 3 amide bonds. The van der Waals surface area contributed by atoms with E-state index in [0.717, 1.165) is 89.9 Å². The van der Waals surface area contributed by atoms with E-state index in [1.54, 1.807) is 12.1 Å². The van der Waals surface area contributed by atoms with Crippen molar-refractivity contribution in [2.45, 2.75) is 390 Å². The van der Waals surface area contributed by atoms with Crippen molar-refractivity contribution in [3.8, 4) is 34.5 Å². The molecule has 0 aliphatic heterocycles. The molecule has 2 rings (SSSR count). The van der Waals surface area contributed by atoms with E-state index in [0.29, 0.717) is 85.4 Å². The highest BCUT2D eigenvalue weighted by molar-refractivity contribution is 6.01. The Hall–Kier alpha value is -4.35. The average molecular weight is 1330 g/mol. The number of nitrogens with one attached hydrogen (secondary N) is 3. The van der Waals surface area contributed by atoms with Crippen molar-refractivity contribution in [2.75, 3.05) is 45.0 Å². The molecule has 0 bridgehead atoms. The van der Waals surface area contributed by atoms with Crippen LogP contribution in [0.15, 0.2) is 24.3 Å². The van der Waals surface area contributed by atoms with Crippen molar-refractivity contribution in [2.24, 2.45) is 11.8 Å². The molecule has 2 atom stereocenters. The van der Waals surface area contributed by atoms with Gasteiger partial charge in [0.05, 0.1) is 39.6 Å². The van der Waals surface area contributed by atoms with Crippen LogP contribution in [0.2, 0.25) is 0 Å². The Bertz CT molecular complexity index is 2060. The second kappa shape index (κ2) is 60.8. The predicted molar refractivity (Wildman–Crippen MR) is 403 cm³/mol. The van der Waals surface area contributed by atoms with Gasteiger partial charge in [0.15, 0.2) is 23.0 Å². The number of benzene rings is 2. The first kappa shape index (κ1) is 86.7. The molecule has 0 fully saturated rings. The summed E-state index contributed by atoms with van der Waals surface area (Å²) in [6.45, 7) is 24.3. The maximum Gasteiger partial charge on any atom is 0.252 e. The zero-order valence-corrected chi connectivity index (χ0v) is 63.5. The highest BCUT2D eigenvalue weighted by Gasteiger charge is 2.32. The maximum atomic E-state index is 14.8. The van der Waals surface area contributed by atoms with Crippen LogP contribution in [0.5, 0.6) is 34.5 Å². The first-order chi connectivity index (χ1) is 46.4. The summed E-state index contributed by atoms with van der Waals surface area (Å²) in [5.74, 6) is 1.32. The van der Waals surface area contributed by atoms with Gasteiger partial charge >= 0.3 is 0 Å². The monoisotopic (exact) mass is 1330 g/mol. The second-order valence-electron chi connectivity index (χ2n) is 28.5. The Balaban J connectivity index is 2.51. The van der Waals surface area contributed by atoms with Gasteiger partial charge in [-0.2, -0.15) is 0 Å². The molecule has 550 valence electrons. The lowest BCUT2D eigenvalue weighted by molar-refractivity contribution is -0.129. The first-order valence-corrected chi connectivity index (χ1v) is 40.5. The third kappa shape index (κ3) is 43.6. The SMILES string of the molecule is CCCCCCCCCCOc1cc(NC(=O)[C@H](NC(=O)[C@H](NC(=O)c2cc(OCCCCCCCCCC)c(OCCCCCCCCCC)c(OCCCCCCCCCC)c2)C(C)C)C(C)C)cc(OCCCCCCCCCC)c1OCCCCCCCCCC. The zero-order valence-electron chi connectivity index (χ0n) is 63.5. The van der Waals surface area contributed by atoms with Gasteiger partial charge < -0.3 is 44.4 Å². The molecule has 0 heterocycles. The number of ether oxygens (including phenoxy) is 6. The number of carbonyl (C=O) groups excluding carboxylic acids is 3. The quantitative estimate of drug-likeness (QED) is 0.0552. The zero-order chi connectivity index (χ0) is 69.0. The minimum Gasteiger partial charge on any atom is -0.490 e. The normalized spacial score (nSPS) is 12.1. The number of hydrogen-bond acceptors (Lipinski definition) is 9. The number of anilines is 1. The molecule has 0 aliphatic carbocycles. The predicted octanol–water partition coefficient (Wildman–Crippen LogP) is 24.3. The fourth-order valence-electron chi connectivity index (χ4n) is 12.3. The van der Waals surface area contributed by atoms with Crippen LogP contribution in [0.1, 0.15) is 388 Å². The van der Waals surface area contributed by atoms with E-state index in [4.69, 9.17) is 28.4 Å². The van der Waals surface area contributed by atoms with Crippen LogP contribution in [0.4, 0.5) is 5.69 Å². The van der Waals surface area contributed by atoms with Gasteiger partial charge in [-0.1, -0.05) is 339 Å². The first-order valence-electron chi connectivity index (χ1n) is 40.5. The molecular formula is C83H149N3O9. The Morgan fingerprint density at radius 3 is 0.758 bits per heavy atom. The van der Waals surface area contributed by atoms with Gasteiger partial charge in [-0.3, -0.25) is 14.4 Å². The highest BCUT2D eigenvalue weighted by atomic mass is 16.5. The molecule has 0 spiro atoms.